The van der Waals surface area contributed by atoms with E-state index in [1.807, 2.05) is 0 Å². The Morgan fingerprint density at radius 2 is 2.25 bits per heavy atom. The van der Waals surface area contributed by atoms with Crippen LogP contribution in [0, 0.1) is 10.1 Å². The molecule has 0 aliphatic carbocycles. The molecule has 1 N–H and O–H groups in total. The number of nitrogens with zero attached hydrogens (tertiary/aromatic N) is 2. The average molecular weight is 258 g/mol. The van der Waals surface area contributed by atoms with Crippen LogP contribution in [0.5, 0.6) is 0 Å². The Hall–Kier alpha value is -1.30. The Labute approximate surface area is 94.2 Å². The molecule has 0 aliphatic rings. The van der Waals surface area contributed by atoms with Gasteiger partial charge in [-0.1, -0.05) is 0 Å². The van der Waals surface area contributed by atoms with Gasteiger partial charge in [-0.05, 0) is 6.07 Å². The standard InChI is InChI=1S/C8H7N2O4PS/c1-15(13,14)8-9-6-3-2-5(10(11)12)4-7(6)16-8/h2-4H,1H3,(H,13,14). The first-order chi connectivity index (χ1) is 7.38. The number of aromatic nitrogens is 1. The number of nitro benzene ring substituents is 1. The zero-order chi connectivity index (χ0) is 11.9. The summed E-state index contributed by atoms with van der Waals surface area (Å²) in [4.78, 5) is 23.3. The molecule has 1 aromatic carbocycles. The quantitative estimate of drug-likeness (QED) is 0.503. The molecule has 2 aromatic rings. The summed E-state index contributed by atoms with van der Waals surface area (Å²) in [6.07, 6.45) is 0. The summed E-state index contributed by atoms with van der Waals surface area (Å²) in [5.41, 5.74) is 0.452. The van der Waals surface area contributed by atoms with E-state index in [2.05, 4.69) is 4.98 Å². The zero-order valence-corrected chi connectivity index (χ0v) is 9.86. The monoisotopic (exact) mass is 258 g/mol. The van der Waals surface area contributed by atoms with Gasteiger partial charge in [0.05, 0.1) is 15.1 Å². The first-order valence-corrected chi connectivity index (χ1v) is 7.16. The van der Waals surface area contributed by atoms with Gasteiger partial charge in [0, 0.05) is 18.8 Å². The molecule has 84 valence electrons. The fourth-order valence-corrected chi connectivity index (χ4v) is 3.20. The second-order valence-corrected chi connectivity index (χ2v) is 6.80. The van der Waals surface area contributed by atoms with Gasteiger partial charge in [-0.2, -0.15) is 0 Å². The van der Waals surface area contributed by atoms with Gasteiger partial charge in [0.15, 0.2) is 4.75 Å². The molecule has 0 saturated heterocycles. The van der Waals surface area contributed by atoms with E-state index >= 15 is 0 Å². The smallest absolute Gasteiger partial charge is 0.270 e. The first-order valence-electron chi connectivity index (χ1n) is 4.24. The summed E-state index contributed by atoms with van der Waals surface area (Å²) in [6, 6.07) is 4.15. The van der Waals surface area contributed by atoms with Crippen LogP contribution in [-0.2, 0) is 4.57 Å². The molecule has 8 heteroatoms. The number of fused-ring (bicyclic) bond motifs is 1. The molecule has 1 atom stereocenters. The predicted octanol–water partition coefficient (Wildman–Crippen LogP) is 1.73. The third-order valence-corrected chi connectivity index (χ3v) is 4.85. The molecule has 1 unspecified atom stereocenters. The Morgan fingerprint density at radius 1 is 1.56 bits per heavy atom. The third-order valence-electron chi connectivity index (χ3n) is 1.93. The van der Waals surface area contributed by atoms with Crippen LogP contribution in [0.4, 0.5) is 5.69 Å². The maximum absolute atomic E-state index is 11.4. The lowest BCUT2D eigenvalue weighted by molar-refractivity contribution is -0.384. The normalized spacial score (nSPS) is 14.9. The first kappa shape index (κ1) is 11.2. The Balaban J connectivity index is 2.63. The summed E-state index contributed by atoms with van der Waals surface area (Å²) in [6.45, 7) is 1.19. The van der Waals surface area contributed by atoms with Crippen LogP contribution in [0.3, 0.4) is 0 Å². The molecule has 1 heterocycles. The predicted molar refractivity (Wildman–Crippen MR) is 61.7 cm³/mol. The molecule has 1 aromatic heterocycles. The van der Waals surface area contributed by atoms with Gasteiger partial charge in [0.1, 0.15) is 0 Å². The van der Waals surface area contributed by atoms with Crippen molar-refractivity contribution in [2.45, 2.75) is 0 Å². The number of benzene rings is 1. The molecule has 2 rings (SSSR count). The molecular weight excluding hydrogens is 251 g/mol. The minimum atomic E-state index is -3.39. The largest absolute Gasteiger partial charge is 0.340 e. The van der Waals surface area contributed by atoms with E-state index in [0.717, 1.165) is 11.3 Å². The second kappa shape index (κ2) is 3.62. The SMILES string of the molecule is CP(=O)(O)c1nc2ccc([N+](=O)[O-])cc2s1. The molecule has 0 amide bonds. The van der Waals surface area contributed by atoms with Crippen molar-refractivity contribution in [1.82, 2.24) is 4.98 Å². The summed E-state index contributed by atoms with van der Waals surface area (Å²) >= 11 is 1.01. The van der Waals surface area contributed by atoms with Gasteiger partial charge in [0.2, 0.25) is 0 Å². The van der Waals surface area contributed by atoms with Crippen molar-refractivity contribution in [3.63, 3.8) is 0 Å². The fraction of sp³-hybridized carbons (Fsp3) is 0.125. The Kier molecular flexibility index (Phi) is 2.53. The van der Waals surface area contributed by atoms with Crippen molar-refractivity contribution in [2.24, 2.45) is 0 Å². The lowest BCUT2D eigenvalue weighted by Gasteiger charge is -1.96. The van der Waals surface area contributed by atoms with E-state index in [-0.39, 0.29) is 10.4 Å². The summed E-state index contributed by atoms with van der Waals surface area (Å²) in [7, 11) is -3.39. The minimum Gasteiger partial charge on any atom is -0.340 e. The van der Waals surface area contributed by atoms with Crippen LogP contribution >= 0.6 is 18.7 Å². The van der Waals surface area contributed by atoms with Crippen molar-refractivity contribution in [1.29, 1.82) is 0 Å². The van der Waals surface area contributed by atoms with Gasteiger partial charge in [0.25, 0.3) is 13.1 Å². The number of hydrogen-bond donors (Lipinski definition) is 1. The van der Waals surface area contributed by atoms with E-state index in [4.69, 9.17) is 0 Å². The van der Waals surface area contributed by atoms with E-state index in [1.54, 1.807) is 0 Å². The molecule has 0 aliphatic heterocycles. The van der Waals surface area contributed by atoms with Gasteiger partial charge in [-0.3, -0.25) is 14.7 Å². The Bertz CT molecular complexity index is 618. The van der Waals surface area contributed by atoms with Crippen LogP contribution < -0.4 is 4.75 Å². The van der Waals surface area contributed by atoms with E-state index in [0.29, 0.717) is 10.2 Å². The highest BCUT2D eigenvalue weighted by molar-refractivity contribution is 7.71. The lowest BCUT2D eigenvalue weighted by atomic mass is 10.3. The van der Waals surface area contributed by atoms with Crippen molar-refractivity contribution >= 4 is 39.4 Å². The van der Waals surface area contributed by atoms with Crippen molar-refractivity contribution < 1.29 is 14.4 Å². The topological polar surface area (TPSA) is 93.3 Å². The van der Waals surface area contributed by atoms with Gasteiger partial charge in [-0.25, -0.2) is 4.98 Å². The number of non-ortho nitro benzene ring substituents is 1. The van der Waals surface area contributed by atoms with Crippen molar-refractivity contribution in [2.75, 3.05) is 6.66 Å². The van der Waals surface area contributed by atoms with Crippen LogP contribution in [0.1, 0.15) is 0 Å². The van der Waals surface area contributed by atoms with Gasteiger partial charge < -0.3 is 4.89 Å². The molecule has 0 radical (unpaired) electrons. The highest BCUT2D eigenvalue weighted by atomic mass is 32.1. The summed E-state index contributed by atoms with van der Waals surface area (Å²) < 4.78 is 12.0. The molecular formula is C8H7N2O4PS. The van der Waals surface area contributed by atoms with E-state index < -0.39 is 12.3 Å². The molecule has 0 bridgehead atoms. The van der Waals surface area contributed by atoms with Crippen LogP contribution in [0.2, 0.25) is 0 Å². The third kappa shape index (κ3) is 1.97. The minimum absolute atomic E-state index is 0.0495. The number of rotatable bonds is 2. The van der Waals surface area contributed by atoms with Crippen LogP contribution in [0.15, 0.2) is 18.2 Å². The average Bonchev–Trinajstić information content (AvgIpc) is 2.58. The number of hydrogen-bond acceptors (Lipinski definition) is 5. The zero-order valence-electron chi connectivity index (χ0n) is 8.15. The van der Waals surface area contributed by atoms with Gasteiger partial charge >= 0.3 is 0 Å². The fourth-order valence-electron chi connectivity index (χ4n) is 1.19. The molecule has 6 nitrogen and oxygen atoms in total. The van der Waals surface area contributed by atoms with E-state index in [9.17, 15) is 19.6 Å². The van der Waals surface area contributed by atoms with Crippen LogP contribution in [0.25, 0.3) is 10.2 Å². The molecule has 16 heavy (non-hydrogen) atoms. The second-order valence-electron chi connectivity index (χ2n) is 3.28. The Morgan fingerprint density at radius 3 is 2.81 bits per heavy atom. The maximum Gasteiger partial charge on any atom is 0.270 e. The van der Waals surface area contributed by atoms with Gasteiger partial charge in [-0.15, -0.1) is 11.3 Å². The molecule has 0 saturated carbocycles. The summed E-state index contributed by atoms with van der Waals surface area (Å²) in [5, 5.41) is 10.5. The van der Waals surface area contributed by atoms with Crippen molar-refractivity contribution in [3.8, 4) is 0 Å². The van der Waals surface area contributed by atoms with Crippen molar-refractivity contribution in [3.05, 3.63) is 28.3 Å². The molecule has 0 spiro atoms. The number of nitro groups is 1. The lowest BCUT2D eigenvalue weighted by Crippen LogP contribution is -1.99. The summed E-state index contributed by atoms with van der Waals surface area (Å²) in [5.74, 6) is 0. The highest BCUT2D eigenvalue weighted by Gasteiger charge is 2.20. The molecule has 0 fully saturated rings. The van der Waals surface area contributed by atoms with Crippen LogP contribution in [-0.4, -0.2) is 21.5 Å². The number of thiazole rings is 1. The highest BCUT2D eigenvalue weighted by Crippen LogP contribution is 2.37. The maximum atomic E-state index is 11.4. The van der Waals surface area contributed by atoms with E-state index in [1.165, 1.54) is 24.9 Å².